The zero-order valence-electron chi connectivity index (χ0n) is 19.1. The van der Waals surface area contributed by atoms with Gasteiger partial charge in [-0.15, -0.1) is 11.3 Å². The van der Waals surface area contributed by atoms with Gasteiger partial charge in [0.25, 0.3) is 0 Å². The van der Waals surface area contributed by atoms with E-state index in [4.69, 9.17) is 4.74 Å². The average Bonchev–Trinajstić information content (AvgIpc) is 3.09. The molecule has 4 heteroatoms. The fourth-order valence-electron chi connectivity index (χ4n) is 3.58. The highest BCUT2D eigenvalue weighted by Crippen LogP contribution is 2.45. The van der Waals surface area contributed by atoms with Gasteiger partial charge in [-0.2, -0.15) is 0 Å². The van der Waals surface area contributed by atoms with Crippen molar-refractivity contribution in [1.29, 1.82) is 0 Å². The van der Waals surface area contributed by atoms with Gasteiger partial charge in [-0.05, 0) is 46.6 Å². The second-order valence-electron chi connectivity index (χ2n) is 9.88. The van der Waals surface area contributed by atoms with Crippen LogP contribution in [0.15, 0.2) is 36.4 Å². The van der Waals surface area contributed by atoms with Gasteiger partial charge >= 0.3 is 5.97 Å². The predicted molar refractivity (Wildman–Crippen MR) is 127 cm³/mol. The van der Waals surface area contributed by atoms with Crippen LogP contribution in [0.3, 0.4) is 0 Å². The van der Waals surface area contributed by atoms with E-state index in [0.29, 0.717) is 11.5 Å². The maximum absolute atomic E-state index is 11.6. The van der Waals surface area contributed by atoms with Crippen molar-refractivity contribution in [2.75, 3.05) is 6.61 Å². The number of aromatic carboxylic acids is 1. The van der Waals surface area contributed by atoms with E-state index < -0.39 is 5.97 Å². The largest absolute Gasteiger partial charge is 0.493 e. The van der Waals surface area contributed by atoms with Gasteiger partial charge in [0, 0.05) is 21.2 Å². The molecule has 0 saturated carbocycles. The number of benzene rings is 2. The summed E-state index contributed by atoms with van der Waals surface area (Å²) < 4.78 is 7.33. The number of hydrogen-bond donors (Lipinski definition) is 1. The Kier molecular flexibility index (Phi) is 6.01. The molecule has 0 bridgehead atoms. The Bertz CT molecular complexity index is 1080. The Hall–Kier alpha value is -2.33. The molecule has 30 heavy (non-hydrogen) atoms. The third-order valence-electron chi connectivity index (χ3n) is 5.28. The van der Waals surface area contributed by atoms with Crippen molar-refractivity contribution < 1.29 is 14.6 Å². The lowest BCUT2D eigenvalue weighted by Gasteiger charge is -2.29. The number of carboxylic acids is 1. The van der Waals surface area contributed by atoms with Crippen LogP contribution in [0.5, 0.6) is 5.75 Å². The van der Waals surface area contributed by atoms with Crippen molar-refractivity contribution in [1.82, 2.24) is 0 Å². The normalized spacial score (nSPS) is 12.4. The van der Waals surface area contributed by atoms with Gasteiger partial charge in [0.05, 0.1) is 6.61 Å². The maximum atomic E-state index is 11.6. The van der Waals surface area contributed by atoms with Crippen molar-refractivity contribution in [2.45, 2.75) is 65.7 Å². The van der Waals surface area contributed by atoms with E-state index in [1.54, 1.807) is 6.07 Å². The summed E-state index contributed by atoms with van der Waals surface area (Å²) in [5.74, 6) is 0.0244. The lowest BCUT2D eigenvalue weighted by atomic mass is 9.78. The second kappa shape index (κ2) is 8.07. The average molecular weight is 425 g/mol. The Labute approximate surface area is 183 Å². The summed E-state index contributed by atoms with van der Waals surface area (Å²) in [5, 5.41) is 10.5. The molecule has 0 radical (unpaired) electrons. The number of fused-ring (bicyclic) bond motifs is 1. The van der Waals surface area contributed by atoms with E-state index in [1.165, 1.54) is 22.5 Å². The molecular weight excluding hydrogens is 392 g/mol. The van der Waals surface area contributed by atoms with Crippen LogP contribution in [0.1, 0.15) is 75.7 Å². The fourth-order valence-corrected chi connectivity index (χ4v) is 4.51. The molecule has 0 atom stereocenters. The molecule has 3 aromatic rings. The molecule has 3 nitrogen and oxygen atoms in total. The Balaban J connectivity index is 2.40. The minimum absolute atomic E-state index is 0.0210. The van der Waals surface area contributed by atoms with E-state index in [2.05, 4.69) is 66.7 Å². The van der Waals surface area contributed by atoms with Gasteiger partial charge in [0.2, 0.25) is 0 Å². The molecule has 2 aromatic carbocycles. The minimum Gasteiger partial charge on any atom is -0.493 e. The molecule has 0 spiro atoms. The Morgan fingerprint density at radius 2 is 1.70 bits per heavy atom. The van der Waals surface area contributed by atoms with Crippen LogP contribution in [0.25, 0.3) is 21.2 Å². The number of carboxylic acid groups (broad SMARTS) is 1. The number of hydrogen-bond acceptors (Lipinski definition) is 3. The first-order chi connectivity index (χ1) is 13.9. The molecule has 0 unspecified atom stereocenters. The van der Waals surface area contributed by atoms with Crippen LogP contribution in [0.4, 0.5) is 0 Å². The summed E-state index contributed by atoms with van der Waals surface area (Å²) in [5.41, 5.74) is 4.39. The van der Waals surface area contributed by atoms with E-state index in [1.807, 2.05) is 12.1 Å². The van der Waals surface area contributed by atoms with Crippen LogP contribution in [-0.4, -0.2) is 17.7 Å². The third-order valence-corrected chi connectivity index (χ3v) is 6.36. The van der Waals surface area contributed by atoms with Gasteiger partial charge in [-0.1, -0.05) is 66.7 Å². The topological polar surface area (TPSA) is 46.5 Å². The van der Waals surface area contributed by atoms with Gasteiger partial charge in [0.15, 0.2) is 0 Å². The SMILES string of the molecule is CCCOc1c(-c2cccc3sc(C(=O)O)cc23)cc(C(C)(C)C)cc1C(C)(C)C. The highest BCUT2D eigenvalue weighted by molar-refractivity contribution is 7.20. The molecule has 160 valence electrons. The molecule has 0 amide bonds. The summed E-state index contributed by atoms with van der Waals surface area (Å²) >= 11 is 1.32. The molecule has 0 saturated heterocycles. The first-order valence-electron chi connectivity index (χ1n) is 10.5. The number of carbonyl (C=O) groups is 1. The van der Waals surface area contributed by atoms with Gasteiger partial charge < -0.3 is 9.84 Å². The lowest BCUT2D eigenvalue weighted by Crippen LogP contribution is -2.18. The van der Waals surface area contributed by atoms with Gasteiger partial charge in [-0.25, -0.2) is 4.79 Å². The highest BCUT2D eigenvalue weighted by atomic mass is 32.1. The van der Waals surface area contributed by atoms with Gasteiger partial charge in [-0.3, -0.25) is 0 Å². The summed E-state index contributed by atoms with van der Waals surface area (Å²) in [4.78, 5) is 11.9. The number of thiophene rings is 1. The minimum atomic E-state index is -0.886. The van der Waals surface area contributed by atoms with Crippen molar-refractivity contribution in [3.8, 4) is 16.9 Å². The Morgan fingerprint density at radius 1 is 1.00 bits per heavy atom. The molecule has 0 aliphatic carbocycles. The third kappa shape index (κ3) is 4.39. The zero-order valence-corrected chi connectivity index (χ0v) is 19.9. The molecule has 1 N–H and O–H groups in total. The van der Waals surface area contributed by atoms with Crippen LogP contribution >= 0.6 is 11.3 Å². The summed E-state index contributed by atoms with van der Waals surface area (Å²) in [7, 11) is 0. The van der Waals surface area contributed by atoms with Crippen molar-refractivity contribution in [3.63, 3.8) is 0 Å². The number of ether oxygens (including phenoxy) is 1. The summed E-state index contributed by atoms with van der Waals surface area (Å²) in [6, 6.07) is 12.4. The molecule has 1 heterocycles. The smallest absolute Gasteiger partial charge is 0.345 e. The molecule has 0 fully saturated rings. The fraction of sp³-hybridized carbons (Fsp3) is 0.423. The monoisotopic (exact) mass is 424 g/mol. The molecular formula is C26H32O3S. The quantitative estimate of drug-likeness (QED) is 0.457. The van der Waals surface area contributed by atoms with Gasteiger partial charge in [0.1, 0.15) is 10.6 Å². The van der Waals surface area contributed by atoms with E-state index >= 15 is 0 Å². The van der Waals surface area contributed by atoms with Crippen LogP contribution in [0, 0.1) is 0 Å². The molecule has 0 aliphatic rings. The predicted octanol–water partition coefficient (Wildman–Crippen LogP) is 7.65. The molecule has 3 rings (SSSR count). The van der Waals surface area contributed by atoms with Crippen molar-refractivity contribution in [2.24, 2.45) is 0 Å². The lowest BCUT2D eigenvalue weighted by molar-refractivity contribution is 0.0702. The highest BCUT2D eigenvalue weighted by Gasteiger charge is 2.27. The first-order valence-corrected chi connectivity index (χ1v) is 11.3. The van der Waals surface area contributed by atoms with E-state index in [-0.39, 0.29) is 10.8 Å². The maximum Gasteiger partial charge on any atom is 0.345 e. The molecule has 0 aliphatic heterocycles. The molecule has 1 aromatic heterocycles. The second-order valence-corrected chi connectivity index (χ2v) is 11.0. The van der Waals surface area contributed by atoms with E-state index in [9.17, 15) is 9.90 Å². The Morgan fingerprint density at radius 3 is 2.27 bits per heavy atom. The van der Waals surface area contributed by atoms with Crippen molar-refractivity contribution >= 4 is 27.4 Å². The van der Waals surface area contributed by atoms with E-state index in [0.717, 1.165) is 33.4 Å². The zero-order chi connectivity index (χ0) is 22.3. The number of rotatable bonds is 5. The van der Waals surface area contributed by atoms with Crippen LogP contribution in [-0.2, 0) is 10.8 Å². The van der Waals surface area contributed by atoms with Crippen LogP contribution in [0.2, 0.25) is 0 Å². The first kappa shape index (κ1) is 22.4. The summed E-state index contributed by atoms with van der Waals surface area (Å²) in [6.45, 7) is 16.1. The summed E-state index contributed by atoms with van der Waals surface area (Å²) in [6.07, 6.45) is 0.926. The van der Waals surface area contributed by atoms with Crippen LogP contribution < -0.4 is 4.74 Å². The van der Waals surface area contributed by atoms with Crippen molar-refractivity contribution in [3.05, 3.63) is 52.4 Å². The standard InChI is InChI=1S/C26H32O3S/c1-8-12-29-23-19(13-16(25(2,3)4)14-20(23)26(5,6)7)17-10-9-11-21-18(17)15-22(30-21)24(27)28/h9-11,13-15H,8,12H2,1-7H3,(H,27,28).